The van der Waals surface area contributed by atoms with E-state index in [9.17, 15) is 0 Å². The quantitative estimate of drug-likeness (QED) is 0.493. The molecule has 1 aromatic heterocycles. The monoisotopic (exact) mass is 319 g/mol. The number of pyridine rings is 1. The highest BCUT2D eigenvalue weighted by Gasteiger charge is 2.08. The van der Waals surface area contributed by atoms with E-state index in [1.54, 1.807) is 0 Å². The molecule has 3 aromatic rings. The fourth-order valence-electron chi connectivity index (χ4n) is 2.32. The molecule has 1 heterocycles. The number of hydrogen-bond acceptors (Lipinski definition) is 3. The van der Waals surface area contributed by atoms with E-state index in [1.807, 2.05) is 73.7 Å². The Morgan fingerprint density at radius 1 is 1.12 bits per heavy atom. The van der Waals surface area contributed by atoms with Gasteiger partial charge in [-0.15, -0.1) is 0 Å². The maximum atomic E-state index is 5.99. The Morgan fingerprint density at radius 3 is 2.67 bits per heavy atom. The van der Waals surface area contributed by atoms with E-state index in [0.717, 1.165) is 40.3 Å². The summed E-state index contributed by atoms with van der Waals surface area (Å²) in [6.45, 7) is 4.97. The van der Waals surface area contributed by atoms with Crippen LogP contribution in [0.1, 0.15) is 12.6 Å². The van der Waals surface area contributed by atoms with Gasteiger partial charge in [0.1, 0.15) is 11.3 Å². The third-order valence-corrected chi connectivity index (χ3v) is 3.84. The number of hydrogen-bond donors (Lipinski definition) is 0. The van der Waals surface area contributed by atoms with Crippen LogP contribution in [0.4, 0.5) is 5.69 Å². The summed E-state index contributed by atoms with van der Waals surface area (Å²) >= 11 is 0. The minimum atomic E-state index is 0.753. The third kappa shape index (κ3) is 3.54. The number of fused-ring (bicyclic) bond motifs is 1. The second-order valence-electron chi connectivity index (χ2n) is 5.65. The Bertz CT molecular complexity index is 859. The van der Waals surface area contributed by atoms with Gasteiger partial charge in [0, 0.05) is 19.0 Å². The summed E-state index contributed by atoms with van der Waals surface area (Å²) in [6, 6.07) is 17.7. The van der Waals surface area contributed by atoms with Crippen LogP contribution in [0.2, 0.25) is 0 Å². The van der Waals surface area contributed by atoms with Crippen molar-refractivity contribution in [3.8, 4) is 11.5 Å². The number of benzene rings is 2. The SMILES string of the molecule is CCN(C)C=Nc1cc2cccc(Oc3ccccc3)c2nc1C. The van der Waals surface area contributed by atoms with Crippen LogP contribution in [-0.2, 0) is 0 Å². The minimum absolute atomic E-state index is 0.753. The predicted octanol–water partition coefficient (Wildman–Crippen LogP) is 4.95. The summed E-state index contributed by atoms with van der Waals surface area (Å²) in [4.78, 5) is 11.3. The van der Waals surface area contributed by atoms with Gasteiger partial charge in [-0.25, -0.2) is 9.98 Å². The molecule has 0 atom stereocenters. The first-order valence-electron chi connectivity index (χ1n) is 8.05. The summed E-state index contributed by atoms with van der Waals surface area (Å²) in [5.41, 5.74) is 2.61. The van der Waals surface area contributed by atoms with Crippen LogP contribution in [0, 0.1) is 6.92 Å². The van der Waals surface area contributed by atoms with Gasteiger partial charge in [0.25, 0.3) is 0 Å². The van der Waals surface area contributed by atoms with E-state index in [4.69, 9.17) is 9.72 Å². The number of aliphatic imine (C=N–C) groups is 1. The van der Waals surface area contributed by atoms with Crippen molar-refractivity contribution in [2.45, 2.75) is 13.8 Å². The second kappa shape index (κ2) is 7.13. The third-order valence-electron chi connectivity index (χ3n) is 3.84. The Kier molecular flexibility index (Phi) is 4.75. The van der Waals surface area contributed by atoms with Gasteiger partial charge in [-0.3, -0.25) is 0 Å². The Balaban J connectivity index is 1.99. The van der Waals surface area contributed by atoms with Gasteiger partial charge in [0.05, 0.1) is 17.7 Å². The van der Waals surface area contributed by atoms with Crippen LogP contribution in [0.3, 0.4) is 0 Å². The number of rotatable bonds is 5. The molecule has 0 aliphatic carbocycles. The number of ether oxygens (including phenoxy) is 1. The Morgan fingerprint density at radius 2 is 1.92 bits per heavy atom. The molecule has 0 bridgehead atoms. The van der Waals surface area contributed by atoms with Crippen LogP contribution >= 0.6 is 0 Å². The standard InChI is InChI=1S/C20H21N3O/c1-4-23(3)14-21-18-13-16-9-8-12-19(20(16)22-15(18)2)24-17-10-6-5-7-11-17/h5-14H,4H2,1-3H3. The summed E-state index contributed by atoms with van der Waals surface area (Å²) in [7, 11) is 2.00. The average molecular weight is 319 g/mol. The Hall–Kier alpha value is -2.88. The van der Waals surface area contributed by atoms with E-state index in [0.29, 0.717) is 0 Å². The zero-order valence-electron chi connectivity index (χ0n) is 14.2. The molecule has 3 rings (SSSR count). The van der Waals surface area contributed by atoms with Crippen LogP contribution in [-0.4, -0.2) is 29.8 Å². The fraction of sp³-hybridized carbons (Fsp3) is 0.200. The molecule has 0 unspecified atom stereocenters. The summed E-state index contributed by atoms with van der Waals surface area (Å²) in [5.74, 6) is 1.55. The van der Waals surface area contributed by atoms with Crippen LogP contribution < -0.4 is 4.74 Å². The van der Waals surface area contributed by atoms with Gasteiger partial charge in [0.2, 0.25) is 0 Å². The number of nitrogens with zero attached hydrogens (tertiary/aromatic N) is 3. The lowest BCUT2D eigenvalue weighted by Crippen LogP contribution is -2.14. The molecule has 4 nitrogen and oxygen atoms in total. The van der Waals surface area contributed by atoms with Crippen LogP contribution in [0.5, 0.6) is 11.5 Å². The lowest BCUT2D eigenvalue weighted by Gasteiger charge is -2.11. The lowest BCUT2D eigenvalue weighted by molar-refractivity contribution is 0.487. The maximum absolute atomic E-state index is 5.99. The molecule has 0 saturated carbocycles. The number of aromatic nitrogens is 1. The molecule has 0 saturated heterocycles. The zero-order valence-corrected chi connectivity index (χ0v) is 14.2. The highest BCUT2D eigenvalue weighted by molar-refractivity contribution is 5.87. The molecule has 24 heavy (non-hydrogen) atoms. The molecular weight excluding hydrogens is 298 g/mol. The van der Waals surface area contributed by atoms with Crippen molar-refractivity contribution in [2.75, 3.05) is 13.6 Å². The predicted molar refractivity (Wildman–Crippen MR) is 99.5 cm³/mol. The molecule has 4 heteroatoms. The van der Waals surface area contributed by atoms with Crippen molar-refractivity contribution in [3.63, 3.8) is 0 Å². The summed E-state index contributed by atoms with van der Waals surface area (Å²) < 4.78 is 5.99. The first kappa shape index (κ1) is 16.0. The Labute approximate surface area is 142 Å². The van der Waals surface area contributed by atoms with Gasteiger partial charge >= 0.3 is 0 Å². The molecule has 0 aliphatic rings. The van der Waals surface area contributed by atoms with Gasteiger partial charge in [-0.2, -0.15) is 0 Å². The number of para-hydroxylation sites is 2. The summed E-state index contributed by atoms with van der Waals surface area (Å²) in [6.07, 6.45) is 1.83. The van der Waals surface area contributed by atoms with Crippen LogP contribution in [0.15, 0.2) is 59.6 Å². The van der Waals surface area contributed by atoms with Crippen molar-refractivity contribution in [3.05, 3.63) is 60.3 Å². The molecule has 0 amide bonds. The van der Waals surface area contributed by atoms with E-state index in [1.165, 1.54) is 0 Å². The molecule has 2 aromatic carbocycles. The molecule has 0 radical (unpaired) electrons. The van der Waals surface area contributed by atoms with Gasteiger partial charge < -0.3 is 9.64 Å². The fourth-order valence-corrected chi connectivity index (χ4v) is 2.32. The molecule has 0 N–H and O–H groups in total. The normalized spacial score (nSPS) is 11.1. The molecule has 0 fully saturated rings. The van der Waals surface area contributed by atoms with E-state index >= 15 is 0 Å². The van der Waals surface area contributed by atoms with Crippen molar-refractivity contribution in [1.29, 1.82) is 0 Å². The largest absolute Gasteiger partial charge is 0.455 e. The number of aryl methyl sites for hydroxylation is 1. The first-order chi connectivity index (χ1) is 11.7. The van der Waals surface area contributed by atoms with Gasteiger partial charge in [-0.1, -0.05) is 30.3 Å². The van der Waals surface area contributed by atoms with E-state index in [2.05, 4.69) is 18.0 Å². The van der Waals surface area contributed by atoms with Crippen LogP contribution in [0.25, 0.3) is 10.9 Å². The minimum Gasteiger partial charge on any atom is -0.455 e. The van der Waals surface area contributed by atoms with E-state index < -0.39 is 0 Å². The van der Waals surface area contributed by atoms with Crippen molar-refractivity contribution >= 4 is 22.9 Å². The highest BCUT2D eigenvalue weighted by atomic mass is 16.5. The highest BCUT2D eigenvalue weighted by Crippen LogP contribution is 2.31. The molecule has 0 spiro atoms. The summed E-state index contributed by atoms with van der Waals surface area (Å²) in [5, 5.41) is 1.01. The lowest BCUT2D eigenvalue weighted by atomic mass is 10.1. The molecule has 0 aliphatic heterocycles. The van der Waals surface area contributed by atoms with Crippen molar-refractivity contribution < 1.29 is 4.74 Å². The van der Waals surface area contributed by atoms with Crippen molar-refractivity contribution in [1.82, 2.24) is 9.88 Å². The molecule has 122 valence electrons. The maximum Gasteiger partial charge on any atom is 0.153 e. The zero-order chi connectivity index (χ0) is 16.9. The second-order valence-corrected chi connectivity index (χ2v) is 5.65. The van der Waals surface area contributed by atoms with Gasteiger partial charge in [-0.05, 0) is 38.1 Å². The average Bonchev–Trinajstić information content (AvgIpc) is 2.61. The topological polar surface area (TPSA) is 37.7 Å². The van der Waals surface area contributed by atoms with Gasteiger partial charge in [0.15, 0.2) is 5.75 Å². The van der Waals surface area contributed by atoms with Crippen molar-refractivity contribution in [2.24, 2.45) is 4.99 Å². The smallest absolute Gasteiger partial charge is 0.153 e. The first-order valence-corrected chi connectivity index (χ1v) is 8.05. The van der Waals surface area contributed by atoms with E-state index in [-0.39, 0.29) is 0 Å². The molecular formula is C20H21N3O.